The van der Waals surface area contributed by atoms with E-state index in [2.05, 4.69) is 5.32 Å². The average molecular weight is 402 g/mol. The van der Waals surface area contributed by atoms with Gasteiger partial charge in [0.05, 0.1) is 5.56 Å². The van der Waals surface area contributed by atoms with Crippen LogP contribution in [0, 0.1) is 0 Å². The fraction of sp³-hybridized carbons (Fsp3) is 0.682. The Morgan fingerprint density at radius 2 is 1.18 bits per heavy atom. The lowest BCUT2D eigenvalue weighted by Gasteiger charge is -2.07. The number of carboxylic acids is 1. The van der Waals surface area contributed by atoms with Crippen LogP contribution in [0.2, 0.25) is 0 Å². The van der Waals surface area contributed by atoms with Crippen LogP contribution in [0.25, 0.3) is 0 Å². The lowest BCUT2D eigenvalue weighted by atomic mass is 10.0. The van der Waals surface area contributed by atoms with Gasteiger partial charge in [0.1, 0.15) is 0 Å². The van der Waals surface area contributed by atoms with Crippen LogP contribution in [0.4, 0.5) is 18.9 Å². The molecule has 3 nitrogen and oxygen atoms in total. The second-order valence-corrected chi connectivity index (χ2v) is 7.42. The standard InChI is InChI=1S/C22H34F3NO2/c23-22(24,25)17-11-9-7-5-3-1-2-4-6-8-10-12-18-26-20-15-13-19(14-16-20)21(27)28/h13-16,26H,1-12,17-18H2,(H,27,28). The summed E-state index contributed by atoms with van der Waals surface area (Å²) in [7, 11) is 0. The quantitative estimate of drug-likeness (QED) is 0.283. The summed E-state index contributed by atoms with van der Waals surface area (Å²) in [6.45, 7) is 0.890. The first-order valence-electron chi connectivity index (χ1n) is 10.5. The summed E-state index contributed by atoms with van der Waals surface area (Å²) in [5.41, 5.74) is 1.25. The van der Waals surface area contributed by atoms with Crippen LogP contribution in [-0.2, 0) is 0 Å². The monoisotopic (exact) mass is 401 g/mol. The van der Waals surface area contributed by atoms with E-state index in [-0.39, 0.29) is 6.42 Å². The summed E-state index contributed by atoms with van der Waals surface area (Å²) in [4.78, 5) is 10.8. The zero-order valence-electron chi connectivity index (χ0n) is 16.7. The number of carboxylic acid groups (broad SMARTS) is 1. The number of unbranched alkanes of at least 4 members (excludes halogenated alkanes) is 11. The Balaban J connectivity index is 1.82. The second-order valence-electron chi connectivity index (χ2n) is 7.42. The highest BCUT2D eigenvalue weighted by Crippen LogP contribution is 2.23. The fourth-order valence-electron chi connectivity index (χ4n) is 3.18. The molecule has 0 saturated carbocycles. The Kier molecular flexibility index (Phi) is 12.4. The molecule has 0 aromatic heterocycles. The van der Waals surface area contributed by atoms with E-state index >= 15 is 0 Å². The second kappa shape index (κ2) is 14.3. The van der Waals surface area contributed by atoms with Crippen LogP contribution in [0.1, 0.15) is 93.8 Å². The van der Waals surface area contributed by atoms with Crippen molar-refractivity contribution in [2.45, 2.75) is 89.6 Å². The topological polar surface area (TPSA) is 49.3 Å². The normalized spacial score (nSPS) is 11.5. The van der Waals surface area contributed by atoms with Crippen LogP contribution in [0.5, 0.6) is 0 Å². The molecule has 2 N–H and O–H groups in total. The van der Waals surface area contributed by atoms with Gasteiger partial charge in [-0.25, -0.2) is 4.79 Å². The van der Waals surface area contributed by atoms with Crippen molar-refractivity contribution in [3.63, 3.8) is 0 Å². The number of carbonyl (C=O) groups is 1. The summed E-state index contributed by atoms with van der Waals surface area (Å²) < 4.78 is 36.0. The summed E-state index contributed by atoms with van der Waals surface area (Å²) >= 11 is 0. The first kappa shape index (κ1) is 24.3. The molecule has 28 heavy (non-hydrogen) atoms. The van der Waals surface area contributed by atoms with Gasteiger partial charge in [0.15, 0.2) is 0 Å². The molecule has 0 aliphatic rings. The van der Waals surface area contributed by atoms with Gasteiger partial charge < -0.3 is 10.4 Å². The summed E-state index contributed by atoms with van der Waals surface area (Å²) in [5, 5.41) is 12.2. The summed E-state index contributed by atoms with van der Waals surface area (Å²) in [6.07, 6.45) is 7.80. The molecule has 1 rings (SSSR count). The highest BCUT2D eigenvalue weighted by Gasteiger charge is 2.25. The lowest BCUT2D eigenvalue weighted by molar-refractivity contribution is -0.135. The molecule has 0 bridgehead atoms. The van der Waals surface area contributed by atoms with Crippen molar-refractivity contribution in [2.24, 2.45) is 0 Å². The average Bonchev–Trinajstić information content (AvgIpc) is 2.64. The highest BCUT2D eigenvalue weighted by atomic mass is 19.4. The highest BCUT2D eigenvalue weighted by molar-refractivity contribution is 5.87. The summed E-state index contributed by atoms with van der Waals surface area (Å²) in [6, 6.07) is 6.79. The number of hydrogen-bond acceptors (Lipinski definition) is 2. The largest absolute Gasteiger partial charge is 0.478 e. The van der Waals surface area contributed by atoms with E-state index in [0.717, 1.165) is 37.9 Å². The van der Waals surface area contributed by atoms with Gasteiger partial charge in [-0.1, -0.05) is 64.2 Å². The molecule has 6 heteroatoms. The molecule has 0 spiro atoms. The van der Waals surface area contributed by atoms with E-state index in [9.17, 15) is 18.0 Å². The predicted molar refractivity (Wildman–Crippen MR) is 108 cm³/mol. The molecule has 0 amide bonds. The maximum atomic E-state index is 12.0. The minimum absolute atomic E-state index is 0.270. The minimum atomic E-state index is -4.00. The van der Waals surface area contributed by atoms with Gasteiger partial charge >= 0.3 is 12.1 Å². The van der Waals surface area contributed by atoms with Crippen molar-refractivity contribution in [1.82, 2.24) is 0 Å². The Morgan fingerprint density at radius 3 is 1.61 bits per heavy atom. The van der Waals surface area contributed by atoms with Gasteiger partial charge in [0.2, 0.25) is 0 Å². The lowest BCUT2D eigenvalue weighted by Crippen LogP contribution is -2.06. The van der Waals surface area contributed by atoms with Crippen LogP contribution in [-0.4, -0.2) is 23.8 Å². The van der Waals surface area contributed by atoms with Crippen molar-refractivity contribution in [3.8, 4) is 0 Å². The first-order chi connectivity index (χ1) is 13.4. The molecule has 160 valence electrons. The van der Waals surface area contributed by atoms with E-state index in [0.29, 0.717) is 12.0 Å². The maximum Gasteiger partial charge on any atom is 0.389 e. The van der Waals surface area contributed by atoms with E-state index in [1.54, 1.807) is 24.3 Å². The number of hydrogen-bond donors (Lipinski definition) is 2. The smallest absolute Gasteiger partial charge is 0.389 e. The Labute approximate surface area is 166 Å². The molecule has 0 aliphatic carbocycles. The summed E-state index contributed by atoms with van der Waals surface area (Å²) in [5.74, 6) is -0.910. The Morgan fingerprint density at radius 1 is 0.750 bits per heavy atom. The van der Waals surface area contributed by atoms with Crippen molar-refractivity contribution < 1.29 is 23.1 Å². The molecular formula is C22H34F3NO2. The van der Waals surface area contributed by atoms with Crippen molar-refractivity contribution in [2.75, 3.05) is 11.9 Å². The molecule has 1 aromatic rings. The number of halogens is 3. The fourth-order valence-corrected chi connectivity index (χ4v) is 3.18. The third kappa shape index (κ3) is 13.4. The number of nitrogens with one attached hydrogen (secondary N) is 1. The van der Waals surface area contributed by atoms with Gasteiger partial charge in [-0.3, -0.25) is 0 Å². The minimum Gasteiger partial charge on any atom is -0.478 e. The van der Waals surface area contributed by atoms with E-state index in [1.807, 2.05) is 0 Å². The zero-order chi connectivity index (χ0) is 20.7. The third-order valence-electron chi connectivity index (χ3n) is 4.85. The number of alkyl halides is 3. The predicted octanol–water partition coefficient (Wildman–Crippen LogP) is 7.43. The maximum absolute atomic E-state index is 12.0. The van der Waals surface area contributed by atoms with Gasteiger partial charge in [-0.2, -0.15) is 13.2 Å². The van der Waals surface area contributed by atoms with Gasteiger partial charge in [-0.15, -0.1) is 0 Å². The number of rotatable bonds is 16. The van der Waals surface area contributed by atoms with Gasteiger partial charge in [0.25, 0.3) is 0 Å². The van der Waals surface area contributed by atoms with Crippen molar-refractivity contribution >= 4 is 11.7 Å². The third-order valence-corrected chi connectivity index (χ3v) is 4.85. The van der Waals surface area contributed by atoms with Gasteiger partial charge in [-0.05, 0) is 37.1 Å². The van der Waals surface area contributed by atoms with E-state index < -0.39 is 18.6 Å². The molecular weight excluding hydrogens is 367 g/mol. The zero-order valence-corrected chi connectivity index (χ0v) is 16.7. The molecule has 0 atom stereocenters. The van der Waals surface area contributed by atoms with Crippen molar-refractivity contribution in [3.05, 3.63) is 29.8 Å². The SMILES string of the molecule is O=C(O)c1ccc(NCCCCCCCCCCCCCCC(F)(F)F)cc1. The molecule has 0 heterocycles. The first-order valence-corrected chi connectivity index (χ1v) is 10.5. The number of anilines is 1. The molecule has 0 saturated heterocycles. The molecule has 0 fully saturated rings. The van der Waals surface area contributed by atoms with E-state index in [1.165, 1.54) is 38.5 Å². The molecule has 1 aromatic carbocycles. The van der Waals surface area contributed by atoms with Gasteiger partial charge in [0, 0.05) is 18.7 Å². The van der Waals surface area contributed by atoms with Crippen molar-refractivity contribution in [1.29, 1.82) is 0 Å². The Hall–Kier alpha value is -1.72. The Bertz CT molecular complexity index is 530. The number of benzene rings is 1. The molecule has 0 radical (unpaired) electrons. The molecule has 0 aliphatic heterocycles. The van der Waals surface area contributed by atoms with Crippen LogP contribution in [0.3, 0.4) is 0 Å². The van der Waals surface area contributed by atoms with E-state index in [4.69, 9.17) is 5.11 Å². The number of aromatic carboxylic acids is 1. The van der Waals surface area contributed by atoms with Crippen LogP contribution >= 0.6 is 0 Å². The molecule has 0 unspecified atom stereocenters. The van der Waals surface area contributed by atoms with Crippen LogP contribution in [0.15, 0.2) is 24.3 Å². The van der Waals surface area contributed by atoms with Crippen LogP contribution < -0.4 is 5.32 Å².